The lowest BCUT2D eigenvalue weighted by Gasteiger charge is -2.16. The van der Waals surface area contributed by atoms with E-state index in [1.807, 2.05) is 13.8 Å². The summed E-state index contributed by atoms with van der Waals surface area (Å²) in [6, 6.07) is -0.0169. The lowest BCUT2D eigenvalue weighted by Crippen LogP contribution is -2.33. The number of amides is 1. The Morgan fingerprint density at radius 3 is 2.71 bits per heavy atom. The fourth-order valence-electron chi connectivity index (χ4n) is 1.68. The zero-order valence-corrected chi connectivity index (χ0v) is 9.44. The quantitative estimate of drug-likeness (QED) is 0.798. The van der Waals surface area contributed by atoms with Crippen LogP contribution in [0.4, 0.5) is 8.78 Å². The van der Waals surface area contributed by atoms with E-state index in [-0.39, 0.29) is 11.9 Å². The fourth-order valence-corrected chi connectivity index (χ4v) is 1.68. The SMILES string of the molecule is CC(C)NC(=O)C1=CC2OC(F)(F)OC2C=C1. The van der Waals surface area contributed by atoms with Crippen molar-refractivity contribution in [1.82, 2.24) is 5.32 Å². The molecule has 0 radical (unpaired) electrons. The van der Waals surface area contributed by atoms with Gasteiger partial charge in [-0.1, -0.05) is 12.2 Å². The van der Waals surface area contributed by atoms with Crippen LogP contribution in [0.5, 0.6) is 0 Å². The van der Waals surface area contributed by atoms with E-state index >= 15 is 0 Å². The molecule has 2 rings (SSSR count). The van der Waals surface area contributed by atoms with Gasteiger partial charge >= 0.3 is 6.29 Å². The van der Waals surface area contributed by atoms with Gasteiger partial charge in [0, 0.05) is 11.6 Å². The molecular weight excluding hydrogens is 232 g/mol. The first-order chi connectivity index (χ1) is 7.87. The van der Waals surface area contributed by atoms with Crippen LogP contribution in [0.3, 0.4) is 0 Å². The van der Waals surface area contributed by atoms with Crippen molar-refractivity contribution in [2.45, 2.75) is 38.4 Å². The van der Waals surface area contributed by atoms with E-state index in [0.29, 0.717) is 5.57 Å². The summed E-state index contributed by atoms with van der Waals surface area (Å²) >= 11 is 0. The van der Waals surface area contributed by atoms with Crippen molar-refractivity contribution in [2.24, 2.45) is 0 Å². The van der Waals surface area contributed by atoms with Gasteiger partial charge in [0.05, 0.1) is 0 Å². The van der Waals surface area contributed by atoms with Crippen LogP contribution in [0, 0.1) is 0 Å². The zero-order valence-electron chi connectivity index (χ0n) is 9.44. The molecule has 2 unspecified atom stereocenters. The van der Waals surface area contributed by atoms with Gasteiger partial charge in [0.2, 0.25) is 0 Å². The van der Waals surface area contributed by atoms with E-state index in [2.05, 4.69) is 14.8 Å². The summed E-state index contributed by atoms with van der Waals surface area (Å²) in [7, 11) is 0. The molecule has 1 fully saturated rings. The average molecular weight is 245 g/mol. The number of alkyl halides is 2. The molecule has 1 heterocycles. The molecule has 2 aliphatic rings. The molecule has 0 aromatic heterocycles. The third-order valence-electron chi connectivity index (χ3n) is 2.36. The number of carbonyl (C=O) groups excluding carboxylic acids is 1. The molecule has 17 heavy (non-hydrogen) atoms. The van der Waals surface area contributed by atoms with E-state index < -0.39 is 18.5 Å². The second-order valence-corrected chi connectivity index (χ2v) is 4.24. The third-order valence-corrected chi connectivity index (χ3v) is 2.36. The van der Waals surface area contributed by atoms with Crippen LogP contribution in [0.15, 0.2) is 23.8 Å². The van der Waals surface area contributed by atoms with Crippen LogP contribution in [0.1, 0.15) is 13.8 Å². The van der Waals surface area contributed by atoms with Crippen molar-refractivity contribution >= 4 is 5.91 Å². The molecule has 1 aliphatic carbocycles. The lowest BCUT2D eigenvalue weighted by molar-refractivity contribution is -0.347. The summed E-state index contributed by atoms with van der Waals surface area (Å²) in [5.74, 6) is -0.312. The topological polar surface area (TPSA) is 47.6 Å². The summed E-state index contributed by atoms with van der Waals surface area (Å²) < 4.78 is 34.3. The number of carbonyl (C=O) groups is 1. The van der Waals surface area contributed by atoms with Crippen LogP contribution in [-0.2, 0) is 14.3 Å². The molecule has 0 saturated carbocycles. The van der Waals surface area contributed by atoms with Gasteiger partial charge in [-0.2, -0.15) is 0 Å². The summed E-state index contributed by atoms with van der Waals surface area (Å²) in [5.41, 5.74) is 0.307. The van der Waals surface area contributed by atoms with Gasteiger partial charge in [0.1, 0.15) is 12.2 Å². The molecule has 94 valence electrons. The maximum Gasteiger partial charge on any atom is 0.486 e. The average Bonchev–Trinajstić information content (AvgIpc) is 2.48. The highest BCUT2D eigenvalue weighted by Crippen LogP contribution is 2.35. The fraction of sp³-hybridized carbons (Fsp3) is 0.545. The van der Waals surface area contributed by atoms with Crippen molar-refractivity contribution in [2.75, 3.05) is 0 Å². The van der Waals surface area contributed by atoms with E-state index in [1.54, 1.807) is 0 Å². The third kappa shape index (κ3) is 2.70. The second kappa shape index (κ2) is 4.19. The molecule has 1 aliphatic heterocycles. The van der Waals surface area contributed by atoms with Crippen LogP contribution < -0.4 is 5.32 Å². The Morgan fingerprint density at radius 1 is 1.41 bits per heavy atom. The molecule has 0 aromatic carbocycles. The summed E-state index contributed by atoms with van der Waals surface area (Å²) in [6.07, 6.45) is -1.11. The first kappa shape index (κ1) is 12.2. The minimum Gasteiger partial charge on any atom is -0.350 e. The molecular formula is C11H13F2NO3. The first-order valence-electron chi connectivity index (χ1n) is 5.32. The summed E-state index contributed by atoms with van der Waals surface area (Å²) in [5, 5.41) is 2.67. The number of nitrogens with one attached hydrogen (secondary N) is 1. The van der Waals surface area contributed by atoms with E-state index in [4.69, 9.17) is 0 Å². The largest absolute Gasteiger partial charge is 0.486 e. The Bertz CT molecular complexity index is 390. The van der Waals surface area contributed by atoms with Crippen LogP contribution in [-0.4, -0.2) is 30.5 Å². The Kier molecular flexibility index (Phi) is 3.01. The van der Waals surface area contributed by atoms with Crippen LogP contribution in [0.2, 0.25) is 0 Å². The molecule has 0 aromatic rings. The minimum absolute atomic E-state index is 0.0169. The molecule has 0 spiro atoms. The van der Waals surface area contributed by atoms with Gasteiger partial charge < -0.3 is 5.32 Å². The zero-order chi connectivity index (χ0) is 12.6. The molecule has 4 nitrogen and oxygen atoms in total. The number of hydrogen-bond donors (Lipinski definition) is 1. The maximum atomic E-state index is 12.8. The highest BCUT2D eigenvalue weighted by atomic mass is 19.3. The summed E-state index contributed by atoms with van der Waals surface area (Å²) in [6.45, 7) is 3.63. The van der Waals surface area contributed by atoms with Gasteiger partial charge in [0.25, 0.3) is 5.91 Å². The monoisotopic (exact) mass is 245 g/mol. The van der Waals surface area contributed by atoms with E-state index in [0.717, 1.165) is 0 Å². The molecule has 1 saturated heterocycles. The minimum atomic E-state index is -3.58. The smallest absolute Gasteiger partial charge is 0.350 e. The number of halogens is 2. The Balaban J connectivity index is 2.09. The van der Waals surface area contributed by atoms with Crippen molar-refractivity contribution in [3.05, 3.63) is 23.8 Å². The normalized spacial score (nSPS) is 30.1. The van der Waals surface area contributed by atoms with Crippen molar-refractivity contribution < 1.29 is 23.0 Å². The molecule has 1 N–H and O–H groups in total. The van der Waals surface area contributed by atoms with Crippen LogP contribution >= 0.6 is 0 Å². The predicted molar refractivity (Wildman–Crippen MR) is 55.2 cm³/mol. The number of hydrogen-bond acceptors (Lipinski definition) is 3. The van der Waals surface area contributed by atoms with E-state index in [9.17, 15) is 13.6 Å². The van der Waals surface area contributed by atoms with Gasteiger partial charge in [-0.3, -0.25) is 14.3 Å². The Morgan fingerprint density at radius 2 is 2.06 bits per heavy atom. The highest BCUT2D eigenvalue weighted by Gasteiger charge is 2.48. The van der Waals surface area contributed by atoms with Gasteiger partial charge in [-0.25, -0.2) is 0 Å². The number of rotatable bonds is 2. The summed E-state index contributed by atoms with van der Waals surface area (Å²) in [4.78, 5) is 11.6. The van der Waals surface area contributed by atoms with E-state index in [1.165, 1.54) is 18.2 Å². The molecule has 6 heteroatoms. The van der Waals surface area contributed by atoms with Crippen LogP contribution in [0.25, 0.3) is 0 Å². The molecule has 2 atom stereocenters. The first-order valence-corrected chi connectivity index (χ1v) is 5.32. The number of fused-ring (bicyclic) bond motifs is 1. The second-order valence-electron chi connectivity index (χ2n) is 4.24. The Hall–Kier alpha value is -1.27. The van der Waals surface area contributed by atoms with Crippen molar-refractivity contribution in [1.29, 1.82) is 0 Å². The number of ether oxygens (including phenoxy) is 2. The van der Waals surface area contributed by atoms with Gasteiger partial charge in [-0.05, 0) is 19.9 Å². The molecule has 1 amide bonds. The maximum absolute atomic E-state index is 12.8. The van der Waals surface area contributed by atoms with Gasteiger partial charge in [-0.15, -0.1) is 8.78 Å². The predicted octanol–water partition coefficient (Wildman–Crippen LogP) is 1.34. The van der Waals surface area contributed by atoms with Gasteiger partial charge in [0.15, 0.2) is 0 Å². The molecule has 0 bridgehead atoms. The van der Waals surface area contributed by atoms with Crippen molar-refractivity contribution in [3.63, 3.8) is 0 Å². The Labute approximate surface area is 97.3 Å². The van der Waals surface area contributed by atoms with Crippen molar-refractivity contribution in [3.8, 4) is 0 Å². The standard InChI is InChI=1S/C11H13F2NO3/c1-6(2)14-10(15)7-3-4-8-9(5-7)17-11(12,13)16-8/h3-6,8-9H,1-2H3,(H,14,15). The lowest BCUT2D eigenvalue weighted by atomic mass is 10.0. The highest BCUT2D eigenvalue weighted by molar-refractivity contribution is 5.96.